The van der Waals surface area contributed by atoms with Crippen molar-refractivity contribution in [3.8, 4) is 0 Å². The fourth-order valence-electron chi connectivity index (χ4n) is 6.81. The minimum atomic E-state index is 0. The predicted octanol–water partition coefficient (Wildman–Crippen LogP) is 8.47. The SMILES string of the molecule is C.O=Cc1ccccc1CNCc1cccc(CN2Cc3ccccc3C2=O)c1.O=Cc1ccccc1CNCc1cccc(CNCc2ccccc2C=O)c1. The van der Waals surface area contributed by atoms with E-state index in [9.17, 15) is 19.2 Å². The third-order valence-corrected chi connectivity index (χ3v) is 9.73. The third-order valence-electron chi connectivity index (χ3n) is 9.73. The Bertz CT molecular complexity index is 2190. The normalized spacial score (nSPS) is 11.5. The number of rotatable bonds is 17. The molecule has 0 atom stereocenters. The Morgan fingerprint density at radius 3 is 1.28 bits per heavy atom. The molecule has 0 fully saturated rings. The number of nitrogens with zero attached hydrogens (tertiary/aromatic N) is 1. The maximum atomic E-state index is 12.6. The van der Waals surface area contributed by atoms with Crippen LogP contribution in [0.1, 0.15) is 93.4 Å². The van der Waals surface area contributed by atoms with Gasteiger partial charge in [0.15, 0.2) is 0 Å². The number of carbonyl (C=O) groups is 4. The predicted molar refractivity (Wildman–Crippen MR) is 227 cm³/mol. The van der Waals surface area contributed by atoms with Gasteiger partial charge in [-0.2, -0.15) is 0 Å². The molecule has 290 valence electrons. The largest absolute Gasteiger partial charge is 0.330 e. The van der Waals surface area contributed by atoms with E-state index in [2.05, 4.69) is 52.3 Å². The number of carbonyl (C=O) groups excluding carboxylic acids is 4. The molecule has 1 aliphatic rings. The summed E-state index contributed by atoms with van der Waals surface area (Å²) < 4.78 is 0. The Kier molecular flexibility index (Phi) is 15.9. The van der Waals surface area contributed by atoms with E-state index >= 15 is 0 Å². The average molecular weight is 759 g/mol. The molecule has 0 aromatic heterocycles. The summed E-state index contributed by atoms with van der Waals surface area (Å²) in [4.78, 5) is 47.8. The van der Waals surface area contributed by atoms with E-state index < -0.39 is 0 Å². The zero-order valence-corrected chi connectivity index (χ0v) is 31.3. The summed E-state index contributed by atoms with van der Waals surface area (Å²) in [7, 11) is 0. The van der Waals surface area contributed by atoms with Gasteiger partial charge in [-0.3, -0.25) is 19.2 Å². The van der Waals surface area contributed by atoms with Crippen LogP contribution in [0.2, 0.25) is 0 Å². The van der Waals surface area contributed by atoms with Crippen LogP contribution in [0.15, 0.2) is 146 Å². The zero-order valence-electron chi connectivity index (χ0n) is 31.3. The topological polar surface area (TPSA) is 108 Å². The number of hydrogen-bond acceptors (Lipinski definition) is 7. The molecule has 0 spiro atoms. The second-order valence-electron chi connectivity index (χ2n) is 13.7. The molecule has 7 rings (SSSR count). The molecule has 0 saturated heterocycles. The maximum Gasteiger partial charge on any atom is 0.254 e. The summed E-state index contributed by atoms with van der Waals surface area (Å²) in [6.45, 7) is 5.38. The Morgan fingerprint density at radius 1 is 0.456 bits per heavy atom. The lowest BCUT2D eigenvalue weighted by Crippen LogP contribution is -2.23. The first kappa shape index (κ1) is 41.8. The molecule has 3 N–H and O–H groups in total. The second kappa shape index (κ2) is 21.7. The quantitative estimate of drug-likeness (QED) is 0.0802. The van der Waals surface area contributed by atoms with Crippen LogP contribution in [-0.4, -0.2) is 29.7 Å². The van der Waals surface area contributed by atoms with Gasteiger partial charge in [-0.1, -0.05) is 147 Å². The van der Waals surface area contributed by atoms with Crippen LogP contribution in [0.3, 0.4) is 0 Å². The van der Waals surface area contributed by atoms with Crippen molar-refractivity contribution < 1.29 is 19.2 Å². The van der Waals surface area contributed by atoms with Crippen molar-refractivity contribution in [1.29, 1.82) is 0 Å². The summed E-state index contributed by atoms with van der Waals surface area (Å²) in [6, 6.07) is 47.3. The average Bonchev–Trinajstić information content (AvgIpc) is 3.56. The third kappa shape index (κ3) is 11.8. The van der Waals surface area contributed by atoms with Gasteiger partial charge in [0, 0.05) is 74.6 Å². The van der Waals surface area contributed by atoms with E-state index in [-0.39, 0.29) is 13.3 Å². The molecule has 1 aliphatic heterocycles. The van der Waals surface area contributed by atoms with Gasteiger partial charge in [-0.25, -0.2) is 0 Å². The highest BCUT2D eigenvalue weighted by atomic mass is 16.2. The van der Waals surface area contributed by atoms with E-state index in [4.69, 9.17) is 0 Å². The van der Waals surface area contributed by atoms with Gasteiger partial charge in [-0.15, -0.1) is 0 Å². The summed E-state index contributed by atoms with van der Waals surface area (Å²) in [5.41, 5.74) is 11.7. The van der Waals surface area contributed by atoms with Gasteiger partial charge >= 0.3 is 0 Å². The van der Waals surface area contributed by atoms with Gasteiger partial charge in [0.1, 0.15) is 18.9 Å². The van der Waals surface area contributed by atoms with Crippen LogP contribution in [0, 0.1) is 0 Å². The standard InChI is InChI=1S/C24H22N2O2.C24H24N2O2.CH4/c27-17-22-10-2-1-8-20(22)14-25-13-18-6-5-7-19(12-18)15-26-16-21-9-3-4-11-23(21)24(26)28;27-17-23-10-3-1-8-21(23)15-25-13-19-6-5-7-20(12-19)14-26-16-22-9-2-4-11-24(22)18-28;/h1-12,17,25H,13-16H2;1-12,17-18,25-26H,13-16H2;1H4. The van der Waals surface area contributed by atoms with Crippen LogP contribution in [0.25, 0.3) is 0 Å². The summed E-state index contributed by atoms with van der Waals surface area (Å²) in [5.74, 6) is 0.101. The first-order chi connectivity index (χ1) is 27.5. The van der Waals surface area contributed by atoms with Crippen molar-refractivity contribution in [2.24, 2.45) is 0 Å². The first-order valence-corrected chi connectivity index (χ1v) is 18.8. The summed E-state index contributed by atoms with van der Waals surface area (Å²) in [5, 5.41) is 10.2. The number of benzene rings is 6. The van der Waals surface area contributed by atoms with Crippen LogP contribution >= 0.6 is 0 Å². The molecule has 0 aliphatic carbocycles. The molecule has 8 heteroatoms. The monoisotopic (exact) mass is 758 g/mol. The van der Waals surface area contributed by atoms with Crippen molar-refractivity contribution in [2.75, 3.05) is 0 Å². The summed E-state index contributed by atoms with van der Waals surface area (Å²) >= 11 is 0. The fourth-order valence-corrected chi connectivity index (χ4v) is 6.81. The Labute approximate surface area is 336 Å². The van der Waals surface area contributed by atoms with E-state index in [1.807, 2.05) is 114 Å². The number of fused-ring (bicyclic) bond motifs is 1. The van der Waals surface area contributed by atoms with Crippen molar-refractivity contribution in [3.05, 3.63) is 212 Å². The minimum Gasteiger partial charge on any atom is -0.330 e. The first-order valence-electron chi connectivity index (χ1n) is 18.8. The molecule has 0 bridgehead atoms. The van der Waals surface area contributed by atoms with E-state index in [0.717, 1.165) is 87.6 Å². The number of aldehydes is 3. The Hall–Kier alpha value is -6.32. The molecule has 0 saturated carbocycles. The van der Waals surface area contributed by atoms with Gasteiger partial charge < -0.3 is 20.9 Å². The molecular weight excluding hydrogens is 709 g/mol. The molecule has 8 nitrogen and oxygen atoms in total. The van der Waals surface area contributed by atoms with Crippen molar-refractivity contribution in [3.63, 3.8) is 0 Å². The molecular formula is C49H50N4O4. The van der Waals surface area contributed by atoms with Crippen molar-refractivity contribution >= 4 is 24.8 Å². The van der Waals surface area contributed by atoms with Gasteiger partial charge in [-0.05, 0) is 50.6 Å². The van der Waals surface area contributed by atoms with Crippen LogP contribution in [0.5, 0.6) is 0 Å². The molecule has 6 aromatic carbocycles. The van der Waals surface area contributed by atoms with Gasteiger partial charge in [0.2, 0.25) is 0 Å². The highest BCUT2D eigenvalue weighted by Crippen LogP contribution is 2.24. The molecule has 0 radical (unpaired) electrons. The van der Waals surface area contributed by atoms with Gasteiger partial charge in [0.05, 0.1) is 0 Å². The highest BCUT2D eigenvalue weighted by Gasteiger charge is 2.26. The lowest BCUT2D eigenvalue weighted by molar-refractivity contribution is 0.0766. The molecule has 0 unspecified atom stereocenters. The minimum absolute atomic E-state index is 0. The Morgan fingerprint density at radius 2 is 0.842 bits per heavy atom. The molecule has 1 heterocycles. The van der Waals surface area contributed by atoms with E-state index in [1.54, 1.807) is 0 Å². The Balaban J connectivity index is 0.000000214. The summed E-state index contributed by atoms with van der Waals surface area (Å²) in [6.07, 6.45) is 2.68. The van der Waals surface area contributed by atoms with Crippen LogP contribution in [-0.2, 0) is 52.4 Å². The molecule has 1 amide bonds. The van der Waals surface area contributed by atoms with E-state index in [0.29, 0.717) is 39.3 Å². The fraction of sp³-hybridized carbons (Fsp3) is 0.184. The molecule has 6 aromatic rings. The zero-order chi connectivity index (χ0) is 39.0. The number of hydrogen-bond donors (Lipinski definition) is 3. The van der Waals surface area contributed by atoms with E-state index in [1.165, 1.54) is 11.1 Å². The lowest BCUT2D eigenvalue weighted by Gasteiger charge is -2.16. The number of amides is 1. The van der Waals surface area contributed by atoms with Crippen LogP contribution < -0.4 is 16.0 Å². The second-order valence-corrected chi connectivity index (χ2v) is 13.7. The maximum absolute atomic E-state index is 12.6. The van der Waals surface area contributed by atoms with Crippen molar-refractivity contribution in [2.45, 2.75) is 59.8 Å². The smallest absolute Gasteiger partial charge is 0.254 e. The molecule has 57 heavy (non-hydrogen) atoms. The van der Waals surface area contributed by atoms with Crippen molar-refractivity contribution in [1.82, 2.24) is 20.9 Å². The number of nitrogens with one attached hydrogen (secondary N) is 3. The lowest BCUT2D eigenvalue weighted by atomic mass is 10.1. The van der Waals surface area contributed by atoms with Gasteiger partial charge in [0.25, 0.3) is 5.91 Å². The highest BCUT2D eigenvalue weighted by molar-refractivity contribution is 5.98. The van der Waals surface area contributed by atoms with Crippen LogP contribution in [0.4, 0.5) is 0 Å².